The van der Waals surface area contributed by atoms with Crippen molar-refractivity contribution < 1.29 is 9.52 Å². The molecule has 1 aromatic heterocycles. The summed E-state index contributed by atoms with van der Waals surface area (Å²) in [6.07, 6.45) is 7.57. The van der Waals surface area contributed by atoms with Crippen molar-refractivity contribution in [3.05, 3.63) is 39.2 Å². The largest absolute Gasteiger partial charge is 0.507 e. The van der Waals surface area contributed by atoms with Gasteiger partial charge >= 0.3 is 5.63 Å². The van der Waals surface area contributed by atoms with Gasteiger partial charge in [0.1, 0.15) is 11.3 Å². The van der Waals surface area contributed by atoms with E-state index in [9.17, 15) is 9.90 Å². The van der Waals surface area contributed by atoms with Crippen LogP contribution in [0.15, 0.2) is 21.3 Å². The fourth-order valence-electron chi connectivity index (χ4n) is 6.67. The Morgan fingerprint density at radius 1 is 1.14 bits per heavy atom. The van der Waals surface area contributed by atoms with E-state index < -0.39 is 0 Å². The van der Waals surface area contributed by atoms with Gasteiger partial charge in [-0.1, -0.05) is 20.8 Å². The molecule has 150 valence electrons. The first-order valence-electron chi connectivity index (χ1n) is 10.8. The molecule has 1 aliphatic heterocycles. The van der Waals surface area contributed by atoms with E-state index >= 15 is 0 Å². The number of likely N-dealkylation sites (tertiary alicyclic amines) is 1. The molecule has 1 saturated heterocycles. The standard InChI is InChI=1S/C24H31NO3/c1-23(2)10-15-11-24(3,13-23)14-25(15)12-19-20(26)9-8-17-16-6-4-5-7-18(16)22(27)28-21(17)19/h8-9,15,26H,4-7,10-14H2,1-3H3/t15-,24-/m0/s1. The zero-order valence-electron chi connectivity index (χ0n) is 17.3. The molecule has 28 heavy (non-hydrogen) atoms. The molecular formula is C24H31NO3. The summed E-state index contributed by atoms with van der Waals surface area (Å²) < 4.78 is 5.82. The maximum Gasteiger partial charge on any atom is 0.339 e. The van der Waals surface area contributed by atoms with Crippen LogP contribution in [0.25, 0.3) is 11.0 Å². The highest BCUT2D eigenvalue weighted by atomic mass is 16.4. The number of benzene rings is 1. The molecule has 3 aliphatic rings. The lowest BCUT2D eigenvalue weighted by atomic mass is 9.65. The third kappa shape index (κ3) is 2.88. The van der Waals surface area contributed by atoms with Gasteiger partial charge in [0.2, 0.25) is 0 Å². The molecule has 0 amide bonds. The molecule has 1 N–H and O–H groups in total. The first kappa shape index (κ1) is 18.2. The number of hydrogen-bond donors (Lipinski definition) is 1. The SMILES string of the molecule is CC1(C)C[C@H]2C[C@](C)(CN2Cc2c(O)ccc3c4c(c(=O)oc23)CCCC4)C1. The smallest absolute Gasteiger partial charge is 0.339 e. The predicted molar refractivity (Wildman–Crippen MR) is 111 cm³/mol. The molecule has 1 saturated carbocycles. The molecule has 5 rings (SSSR count). The van der Waals surface area contributed by atoms with Gasteiger partial charge in [0.25, 0.3) is 0 Å². The summed E-state index contributed by atoms with van der Waals surface area (Å²) in [6, 6.07) is 4.27. The Morgan fingerprint density at radius 2 is 1.89 bits per heavy atom. The molecular weight excluding hydrogens is 350 g/mol. The third-order valence-electron chi connectivity index (χ3n) is 7.35. The molecule has 2 aliphatic carbocycles. The average Bonchev–Trinajstić information content (AvgIpc) is 2.86. The molecule has 4 heteroatoms. The van der Waals surface area contributed by atoms with Crippen LogP contribution in [0.3, 0.4) is 0 Å². The second-order valence-corrected chi connectivity index (χ2v) is 10.6. The van der Waals surface area contributed by atoms with Crippen molar-refractivity contribution in [2.75, 3.05) is 6.54 Å². The zero-order chi connectivity index (χ0) is 19.7. The molecule has 1 aromatic carbocycles. The molecule has 2 atom stereocenters. The summed E-state index contributed by atoms with van der Waals surface area (Å²) in [6.45, 7) is 8.86. The van der Waals surface area contributed by atoms with E-state index in [0.717, 1.165) is 54.3 Å². The van der Waals surface area contributed by atoms with Crippen LogP contribution in [0, 0.1) is 10.8 Å². The summed E-state index contributed by atoms with van der Waals surface area (Å²) in [7, 11) is 0. The number of aryl methyl sites for hydroxylation is 1. The van der Waals surface area contributed by atoms with E-state index in [1.165, 1.54) is 19.3 Å². The van der Waals surface area contributed by atoms with Crippen LogP contribution in [0.4, 0.5) is 0 Å². The predicted octanol–water partition coefficient (Wildman–Crippen LogP) is 4.78. The van der Waals surface area contributed by atoms with Crippen LogP contribution >= 0.6 is 0 Å². The second-order valence-electron chi connectivity index (χ2n) is 10.6. The molecule has 0 unspecified atom stereocenters. The topological polar surface area (TPSA) is 53.7 Å². The van der Waals surface area contributed by atoms with E-state index in [1.807, 2.05) is 6.07 Å². The number of aromatic hydroxyl groups is 1. The minimum absolute atomic E-state index is 0.206. The number of nitrogens with zero attached hydrogens (tertiary/aromatic N) is 1. The van der Waals surface area contributed by atoms with E-state index in [1.54, 1.807) is 6.07 Å². The summed E-state index contributed by atoms with van der Waals surface area (Å²) >= 11 is 0. The van der Waals surface area contributed by atoms with Crippen LogP contribution < -0.4 is 5.63 Å². The van der Waals surface area contributed by atoms with Gasteiger partial charge in [0.05, 0.1) is 5.56 Å². The summed E-state index contributed by atoms with van der Waals surface area (Å²) in [5.74, 6) is 0.247. The minimum Gasteiger partial charge on any atom is -0.507 e. The normalized spacial score (nSPS) is 29.2. The maximum absolute atomic E-state index is 12.6. The molecule has 2 heterocycles. The third-order valence-corrected chi connectivity index (χ3v) is 7.35. The fraction of sp³-hybridized carbons (Fsp3) is 0.625. The summed E-state index contributed by atoms with van der Waals surface area (Å²) in [5, 5.41) is 11.7. The van der Waals surface area contributed by atoms with Crippen LogP contribution in [-0.2, 0) is 19.4 Å². The Labute approximate surface area is 166 Å². The molecule has 0 spiro atoms. The van der Waals surface area contributed by atoms with Crippen molar-refractivity contribution >= 4 is 11.0 Å². The molecule has 2 aromatic rings. The van der Waals surface area contributed by atoms with Crippen molar-refractivity contribution in [1.29, 1.82) is 0 Å². The number of rotatable bonds is 2. The second kappa shape index (κ2) is 6.09. The molecule has 4 nitrogen and oxygen atoms in total. The number of phenols is 1. The molecule has 2 fully saturated rings. The van der Waals surface area contributed by atoms with E-state index in [4.69, 9.17) is 4.42 Å². The number of hydrogen-bond acceptors (Lipinski definition) is 4. The van der Waals surface area contributed by atoms with Crippen LogP contribution in [0.5, 0.6) is 5.75 Å². The van der Waals surface area contributed by atoms with Gasteiger partial charge in [0.15, 0.2) is 0 Å². The molecule has 2 bridgehead atoms. The van der Waals surface area contributed by atoms with Gasteiger partial charge in [-0.05, 0) is 73.5 Å². The average molecular weight is 382 g/mol. The van der Waals surface area contributed by atoms with Crippen molar-refractivity contribution in [1.82, 2.24) is 4.90 Å². The highest BCUT2D eigenvalue weighted by Gasteiger charge is 2.49. The number of fused-ring (bicyclic) bond motifs is 5. The van der Waals surface area contributed by atoms with Crippen LogP contribution in [0.2, 0.25) is 0 Å². The van der Waals surface area contributed by atoms with Crippen molar-refractivity contribution in [2.45, 2.75) is 78.3 Å². The van der Waals surface area contributed by atoms with Crippen LogP contribution in [-0.4, -0.2) is 22.6 Å². The summed E-state index contributed by atoms with van der Waals surface area (Å²) in [4.78, 5) is 15.2. The van der Waals surface area contributed by atoms with Gasteiger partial charge < -0.3 is 9.52 Å². The Hall–Kier alpha value is -1.81. The minimum atomic E-state index is -0.206. The van der Waals surface area contributed by atoms with Gasteiger partial charge in [-0.15, -0.1) is 0 Å². The fourth-order valence-corrected chi connectivity index (χ4v) is 6.67. The van der Waals surface area contributed by atoms with Gasteiger partial charge in [0, 0.05) is 30.1 Å². The lowest BCUT2D eigenvalue weighted by Crippen LogP contribution is -2.34. The Balaban J connectivity index is 1.57. The zero-order valence-corrected chi connectivity index (χ0v) is 17.3. The van der Waals surface area contributed by atoms with E-state index in [-0.39, 0.29) is 11.4 Å². The molecule has 0 radical (unpaired) electrons. The lowest BCUT2D eigenvalue weighted by Gasteiger charge is -2.40. The lowest BCUT2D eigenvalue weighted by molar-refractivity contribution is 0.126. The van der Waals surface area contributed by atoms with Gasteiger partial charge in [-0.3, -0.25) is 4.90 Å². The Bertz CT molecular complexity index is 1010. The Morgan fingerprint density at radius 3 is 2.68 bits per heavy atom. The van der Waals surface area contributed by atoms with Crippen molar-refractivity contribution in [3.63, 3.8) is 0 Å². The van der Waals surface area contributed by atoms with Gasteiger partial charge in [-0.2, -0.15) is 0 Å². The summed E-state index contributed by atoms with van der Waals surface area (Å²) in [5.41, 5.74) is 3.88. The number of phenolic OH excluding ortho intramolecular Hbond substituents is 1. The van der Waals surface area contributed by atoms with Crippen molar-refractivity contribution in [3.8, 4) is 5.75 Å². The first-order chi connectivity index (χ1) is 13.2. The highest BCUT2D eigenvalue weighted by molar-refractivity contribution is 5.86. The Kier molecular flexibility index (Phi) is 3.97. The van der Waals surface area contributed by atoms with Gasteiger partial charge in [-0.25, -0.2) is 4.79 Å². The maximum atomic E-state index is 12.6. The van der Waals surface area contributed by atoms with E-state index in [0.29, 0.717) is 29.0 Å². The quantitative estimate of drug-likeness (QED) is 0.761. The first-order valence-corrected chi connectivity index (χ1v) is 10.8. The highest BCUT2D eigenvalue weighted by Crippen LogP contribution is 2.53. The van der Waals surface area contributed by atoms with E-state index in [2.05, 4.69) is 25.7 Å². The monoisotopic (exact) mass is 381 g/mol. The van der Waals surface area contributed by atoms with Crippen molar-refractivity contribution in [2.24, 2.45) is 10.8 Å². The van der Waals surface area contributed by atoms with Crippen LogP contribution in [0.1, 0.15) is 69.6 Å².